The second kappa shape index (κ2) is 5.91. The van der Waals surface area contributed by atoms with E-state index >= 15 is 0 Å². The van der Waals surface area contributed by atoms with E-state index in [1.807, 2.05) is 24.3 Å². The number of nitrogens with zero attached hydrogens (tertiary/aromatic N) is 1. The Bertz CT molecular complexity index is 774. The SMILES string of the molecule is COC1Cc2ccccc2N(S(=O)(=O)c2ccc(Cl)cc2)C1. The third kappa shape index (κ3) is 2.72. The summed E-state index contributed by atoms with van der Waals surface area (Å²) in [5.41, 5.74) is 1.68. The van der Waals surface area contributed by atoms with Gasteiger partial charge in [0.15, 0.2) is 0 Å². The molecule has 0 radical (unpaired) electrons. The van der Waals surface area contributed by atoms with E-state index in [-0.39, 0.29) is 11.0 Å². The highest BCUT2D eigenvalue weighted by atomic mass is 35.5. The van der Waals surface area contributed by atoms with Crippen molar-refractivity contribution in [2.24, 2.45) is 0 Å². The van der Waals surface area contributed by atoms with E-state index in [0.29, 0.717) is 23.7 Å². The van der Waals surface area contributed by atoms with Crippen molar-refractivity contribution in [3.05, 3.63) is 59.1 Å². The van der Waals surface area contributed by atoms with Crippen LogP contribution in [-0.4, -0.2) is 28.2 Å². The number of hydrogen-bond donors (Lipinski definition) is 0. The number of para-hydroxylation sites is 1. The molecule has 1 aliphatic heterocycles. The first-order valence-electron chi connectivity index (χ1n) is 6.91. The Morgan fingerprint density at radius 3 is 2.50 bits per heavy atom. The molecule has 0 spiro atoms. The van der Waals surface area contributed by atoms with Crippen LogP contribution in [0, 0.1) is 0 Å². The quantitative estimate of drug-likeness (QED) is 0.864. The molecule has 1 aliphatic rings. The van der Waals surface area contributed by atoms with Gasteiger partial charge in [-0.25, -0.2) is 8.42 Å². The molecule has 6 heteroatoms. The van der Waals surface area contributed by atoms with Crippen LogP contribution in [0.25, 0.3) is 0 Å². The molecule has 2 aromatic rings. The summed E-state index contributed by atoms with van der Waals surface area (Å²) in [6.07, 6.45) is 0.552. The standard InChI is InChI=1S/C16H16ClNO3S/c1-21-14-10-12-4-2-3-5-16(12)18(11-14)22(19,20)15-8-6-13(17)7-9-15/h2-9,14H,10-11H2,1H3. The van der Waals surface area contributed by atoms with Gasteiger partial charge >= 0.3 is 0 Å². The van der Waals surface area contributed by atoms with Crippen molar-refractivity contribution in [3.8, 4) is 0 Å². The predicted octanol–water partition coefficient (Wildman–Crippen LogP) is 3.11. The van der Waals surface area contributed by atoms with Gasteiger partial charge in [-0.3, -0.25) is 4.31 Å². The molecule has 0 fully saturated rings. The number of fused-ring (bicyclic) bond motifs is 1. The van der Waals surface area contributed by atoms with Crippen molar-refractivity contribution in [2.75, 3.05) is 18.0 Å². The molecular formula is C16H16ClNO3S. The van der Waals surface area contributed by atoms with Gasteiger partial charge in [-0.15, -0.1) is 0 Å². The van der Waals surface area contributed by atoms with E-state index in [1.54, 1.807) is 19.2 Å². The molecule has 4 nitrogen and oxygen atoms in total. The van der Waals surface area contributed by atoms with E-state index in [2.05, 4.69) is 0 Å². The molecule has 1 atom stereocenters. The van der Waals surface area contributed by atoms with Gasteiger partial charge in [0.2, 0.25) is 0 Å². The van der Waals surface area contributed by atoms with Gasteiger partial charge in [-0.05, 0) is 35.9 Å². The second-order valence-corrected chi connectivity index (χ2v) is 7.48. The summed E-state index contributed by atoms with van der Waals surface area (Å²) in [5, 5.41) is 0.507. The normalized spacial score (nSPS) is 18.1. The Morgan fingerprint density at radius 1 is 1.14 bits per heavy atom. The third-order valence-electron chi connectivity index (χ3n) is 3.81. The summed E-state index contributed by atoms with van der Waals surface area (Å²) in [6, 6.07) is 13.7. The maximum absolute atomic E-state index is 13.0. The summed E-state index contributed by atoms with van der Waals surface area (Å²) in [7, 11) is -2.04. The highest BCUT2D eigenvalue weighted by molar-refractivity contribution is 7.92. The van der Waals surface area contributed by atoms with Crippen LogP contribution in [0.15, 0.2) is 53.4 Å². The summed E-state index contributed by atoms with van der Waals surface area (Å²) < 4.78 is 32.7. The van der Waals surface area contributed by atoms with Gasteiger partial charge in [-0.2, -0.15) is 0 Å². The lowest BCUT2D eigenvalue weighted by Gasteiger charge is -2.34. The van der Waals surface area contributed by atoms with E-state index < -0.39 is 10.0 Å². The van der Waals surface area contributed by atoms with E-state index in [0.717, 1.165) is 5.56 Å². The number of ether oxygens (including phenoxy) is 1. The minimum Gasteiger partial charge on any atom is -0.379 e. The maximum Gasteiger partial charge on any atom is 0.264 e. The lowest BCUT2D eigenvalue weighted by atomic mass is 10.0. The average molecular weight is 338 g/mol. The summed E-state index contributed by atoms with van der Waals surface area (Å²) in [4.78, 5) is 0.225. The first-order chi connectivity index (χ1) is 10.5. The van der Waals surface area contributed by atoms with Gasteiger partial charge in [0, 0.05) is 18.6 Å². The van der Waals surface area contributed by atoms with Crippen LogP contribution in [0.5, 0.6) is 0 Å². The Kier molecular flexibility index (Phi) is 4.12. The lowest BCUT2D eigenvalue weighted by molar-refractivity contribution is 0.108. The lowest BCUT2D eigenvalue weighted by Crippen LogP contribution is -2.43. The molecule has 0 amide bonds. The van der Waals surface area contributed by atoms with Crippen LogP contribution in [-0.2, 0) is 21.2 Å². The molecule has 1 unspecified atom stereocenters. The minimum absolute atomic E-state index is 0.156. The highest BCUT2D eigenvalue weighted by Crippen LogP contribution is 2.32. The topological polar surface area (TPSA) is 46.6 Å². The fourth-order valence-electron chi connectivity index (χ4n) is 2.64. The van der Waals surface area contributed by atoms with Gasteiger partial charge in [0.25, 0.3) is 10.0 Å². The molecule has 0 saturated heterocycles. The third-order valence-corrected chi connectivity index (χ3v) is 5.86. The molecular weight excluding hydrogens is 322 g/mol. The van der Waals surface area contributed by atoms with Crippen molar-refractivity contribution in [2.45, 2.75) is 17.4 Å². The van der Waals surface area contributed by atoms with Crippen LogP contribution in [0.2, 0.25) is 5.02 Å². The van der Waals surface area contributed by atoms with Gasteiger partial charge in [0.05, 0.1) is 23.2 Å². The van der Waals surface area contributed by atoms with E-state index in [4.69, 9.17) is 16.3 Å². The van der Waals surface area contributed by atoms with Crippen molar-refractivity contribution >= 4 is 27.3 Å². The number of anilines is 1. The Labute approximate surface area is 135 Å². The number of sulfonamides is 1. The summed E-state index contributed by atoms with van der Waals surface area (Å²) in [5.74, 6) is 0. The number of hydrogen-bond acceptors (Lipinski definition) is 3. The average Bonchev–Trinajstić information content (AvgIpc) is 2.54. The summed E-state index contributed by atoms with van der Waals surface area (Å²) >= 11 is 5.85. The first kappa shape index (κ1) is 15.3. The van der Waals surface area contributed by atoms with Gasteiger partial charge in [-0.1, -0.05) is 29.8 Å². The smallest absolute Gasteiger partial charge is 0.264 e. The summed E-state index contributed by atoms with van der Waals surface area (Å²) in [6.45, 7) is 0.304. The Balaban J connectivity index is 2.08. The molecule has 0 saturated carbocycles. The zero-order valence-corrected chi connectivity index (χ0v) is 13.6. The fraction of sp³-hybridized carbons (Fsp3) is 0.250. The largest absolute Gasteiger partial charge is 0.379 e. The van der Waals surface area contributed by atoms with Crippen LogP contribution in [0.3, 0.4) is 0 Å². The molecule has 1 heterocycles. The predicted molar refractivity (Wildman–Crippen MR) is 86.9 cm³/mol. The second-order valence-electron chi connectivity index (χ2n) is 5.18. The van der Waals surface area contributed by atoms with Crippen LogP contribution < -0.4 is 4.31 Å². The van der Waals surface area contributed by atoms with Crippen LogP contribution >= 0.6 is 11.6 Å². The fourth-order valence-corrected chi connectivity index (χ4v) is 4.30. The molecule has 116 valence electrons. The van der Waals surface area contributed by atoms with Crippen molar-refractivity contribution in [1.29, 1.82) is 0 Å². The zero-order chi connectivity index (χ0) is 15.7. The monoisotopic (exact) mass is 337 g/mol. The van der Waals surface area contributed by atoms with Crippen LogP contribution in [0.4, 0.5) is 5.69 Å². The molecule has 0 aromatic heterocycles. The number of halogens is 1. The number of benzene rings is 2. The van der Waals surface area contributed by atoms with Crippen molar-refractivity contribution in [3.63, 3.8) is 0 Å². The van der Waals surface area contributed by atoms with E-state index in [1.165, 1.54) is 16.4 Å². The molecule has 3 rings (SSSR count). The Morgan fingerprint density at radius 2 is 1.82 bits per heavy atom. The molecule has 0 bridgehead atoms. The number of rotatable bonds is 3. The van der Waals surface area contributed by atoms with Crippen molar-refractivity contribution < 1.29 is 13.2 Å². The number of methoxy groups -OCH3 is 1. The molecule has 2 aromatic carbocycles. The molecule has 0 N–H and O–H groups in total. The van der Waals surface area contributed by atoms with E-state index in [9.17, 15) is 8.42 Å². The Hall–Kier alpha value is -1.56. The molecule has 22 heavy (non-hydrogen) atoms. The minimum atomic E-state index is -3.64. The van der Waals surface area contributed by atoms with Gasteiger partial charge in [0.1, 0.15) is 0 Å². The molecule has 0 aliphatic carbocycles. The van der Waals surface area contributed by atoms with Crippen molar-refractivity contribution in [1.82, 2.24) is 0 Å². The first-order valence-corrected chi connectivity index (χ1v) is 8.73. The maximum atomic E-state index is 13.0. The zero-order valence-electron chi connectivity index (χ0n) is 12.1. The van der Waals surface area contributed by atoms with Gasteiger partial charge < -0.3 is 4.74 Å². The van der Waals surface area contributed by atoms with Crippen LogP contribution in [0.1, 0.15) is 5.56 Å². The highest BCUT2D eigenvalue weighted by Gasteiger charge is 2.33.